The Labute approximate surface area is 90.5 Å². The molecule has 0 amide bonds. The lowest BCUT2D eigenvalue weighted by Gasteiger charge is -2.36. The third-order valence-corrected chi connectivity index (χ3v) is 3.13. The molecule has 2 rings (SSSR count). The van der Waals surface area contributed by atoms with E-state index in [1.165, 1.54) is 0 Å². The number of likely N-dealkylation sites (N-methyl/N-ethyl adjacent to an activating group) is 1. The highest BCUT2D eigenvalue weighted by atomic mass is 16.3. The Kier molecular flexibility index (Phi) is 2.80. The first kappa shape index (κ1) is 10.6. The maximum Gasteiger partial charge on any atom is 0.142 e. The van der Waals surface area contributed by atoms with Gasteiger partial charge in [-0.05, 0) is 33.4 Å². The lowest BCUT2D eigenvalue weighted by atomic mass is 9.92. The minimum Gasteiger partial charge on any atom is -0.381 e. The maximum absolute atomic E-state index is 10.6. The van der Waals surface area contributed by atoms with Crippen LogP contribution in [0.4, 0.5) is 0 Å². The van der Waals surface area contributed by atoms with Crippen LogP contribution in [0.25, 0.3) is 0 Å². The van der Waals surface area contributed by atoms with E-state index in [0.717, 1.165) is 31.8 Å². The topological polar surface area (TPSA) is 41.3 Å². The molecule has 4 nitrogen and oxygen atoms in total. The number of rotatable bonds is 2. The number of imidazole rings is 1. The summed E-state index contributed by atoms with van der Waals surface area (Å²) in [4.78, 5) is 6.47. The van der Waals surface area contributed by atoms with Crippen molar-refractivity contribution in [3.05, 3.63) is 18.2 Å². The minimum atomic E-state index is -0.757. The number of aliphatic hydroxyl groups is 1. The number of piperidine rings is 1. The number of nitrogens with zero attached hydrogens (tertiary/aromatic N) is 3. The fourth-order valence-corrected chi connectivity index (χ4v) is 2.40. The summed E-state index contributed by atoms with van der Waals surface area (Å²) < 4.78 is 2.03. The molecule has 1 aromatic heterocycles. The number of β-amino-alcohol motifs (C(OH)–C–C–N with tert-alkyl or cyclic N) is 1. The summed E-state index contributed by atoms with van der Waals surface area (Å²) in [6.07, 6.45) is 5.55. The van der Waals surface area contributed by atoms with Crippen molar-refractivity contribution in [3.63, 3.8) is 0 Å². The van der Waals surface area contributed by atoms with Crippen LogP contribution in [-0.2, 0) is 12.1 Å². The second kappa shape index (κ2) is 3.94. The van der Waals surface area contributed by atoms with Crippen LogP contribution < -0.4 is 0 Å². The Morgan fingerprint density at radius 3 is 3.07 bits per heavy atom. The number of aromatic nitrogens is 2. The van der Waals surface area contributed by atoms with Gasteiger partial charge in [0.15, 0.2) is 0 Å². The van der Waals surface area contributed by atoms with Gasteiger partial charge in [0.05, 0.1) is 0 Å². The zero-order valence-corrected chi connectivity index (χ0v) is 9.48. The predicted molar refractivity (Wildman–Crippen MR) is 58.5 cm³/mol. The fraction of sp³-hybridized carbons (Fsp3) is 0.727. The molecule has 1 unspecified atom stereocenters. The van der Waals surface area contributed by atoms with Crippen molar-refractivity contribution in [1.29, 1.82) is 0 Å². The highest BCUT2D eigenvalue weighted by Gasteiger charge is 2.37. The highest BCUT2D eigenvalue weighted by molar-refractivity contribution is 5.07. The number of likely N-dealkylation sites (tertiary alicyclic amines) is 1. The predicted octanol–water partition coefficient (Wildman–Crippen LogP) is 0.816. The first-order chi connectivity index (χ1) is 7.15. The molecule has 0 radical (unpaired) electrons. The van der Waals surface area contributed by atoms with E-state index in [4.69, 9.17) is 0 Å². The Bertz CT molecular complexity index is 336. The standard InChI is InChI=1S/C11H19N3O/c1-3-14-8-6-12-10(14)11(15)5-4-7-13(2)9-11/h6,8,15H,3-5,7,9H2,1-2H3. The van der Waals surface area contributed by atoms with Gasteiger partial charge in [-0.2, -0.15) is 0 Å². The van der Waals surface area contributed by atoms with Crippen molar-refractivity contribution < 1.29 is 5.11 Å². The Balaban J connectivity index is 2.27. The summed E-state index contributed by atoms with van der Waals surface area (Å²) in [5.41, 5.74) is -0.757. The van der Waals surface area contributed by atoms with E-state index in [1.54, 1.807) is 6.20 Å². The van der Waals surface area contributed by atoms with Gasteiger partial charge in [0.1, 0.15) is 11.4 Å². The number of aryl methyl sites for hydroxylation is 1. The molecule has 1 aromatic rings. The van der Waals surface area contributed by atoms with Gasteiger partial charge >= 0.3 is 0 Å². The summed E-state index contributed by atoms with van der Waals surface area (Å²) in [6.45, 7) is 4.68. The van der Waals surface area contributed by atoms with E-state index in [0.29, 0.717) is 6.54 Å². The Hall–Kier alpha value is -0.870. The van der Waals surface area contributed by atoms with Gasteiger partial charge in [0.2, 0.25) is 0 Å². The lowest BCUT2D eigenvalue weighted by molar-refractivity contribution is -0.0373. The summed E-state index contributed by atoms with van der Waals surface area (Å²) in [6, 6.07) is 0. The van der Waals surface area contributed by atoms with Crippen LogP contribution in [0.15, 0.2) is 12.4 Å². The van der Waals surface area contributed by atoms with Crippen molar-refractivity contribution in [2.24, 2.45) is 0 Å². The van der Waals surface area contributed by atoms with Crippen LogP contribution in [0.2, 0.25) is 0 Å². The molecule has 84 valence electrons. The van der Waals surface area contributed by atoms with Crippen molar-refractivity contribution in [3.8, 4) is 0 Å². The lowest BCUT2D eigenvalue weighted by Crippen LogP contribution is -2.45. The van der Waals surface area contributed by atoms with Crippen molar-refractivity contribution in [1.82, 2.24) is 14.5 Å². The summed E-state index contributed by atoms with van der Waals surface area (Å²) in [5.74, 6) is 0.816. The highest BCUT2D eigenvalue weighted by Crippen LogP contribution is 2.29. The fourth-order valence-electron chi connectivity index (χ4n) is 2.40. The molecule has 0 aliphatic carbocycles. The van der Waals surface area contributed by atoms with E-state index in [2.05, 4.69) is 16.8 Å². The molecule has 1 aliphatic rings. The molecule has 0 aromatic carbocycles. The summed E-state index contributed by atoms with van der Waals surface area (Å²) in [7, 11) is 2.04. The van der Waals surface area contributed by atoms with Gasteiger partial charge in [-0.25, -0.2) is 4.98 Å². The van der Waals surface area contributed by atoms with Crippen LogP contribution in [0, 0.1) is 0 Å². The first-order valence-corrected chi connectivity index (χ1v) is 5.58. The van der Waals surface area contributed by atoms with Gasteiger partial charge in [0.25, 0.3) is 0 Å². The van der Waals surface area contributed by atoms with Crippen molar-refractivity contribution in [2.75, 3.05) is 20.1 Å². The molecule has 15 heavy (non-hydrogen) atoms. The van der Waals surface area contributed by atoms with Gasteiger partial charge < -0.3 is 14.6 Å². The first-order valence-electron chi connectivity index (χ1n) is 5.58. The largest absolute Gasteiger partial charge is 0.381 e. The van der Waals surface area contributed by atoms with Gasteiger partial charge in [0, 0.05) is 25.5 Å². The van der Waals surface area contributed by atoms with Crippen LogP contribution in [0.3, 0.4) is 0 Å². The van der Waals surface area contributed by atoms with E-state index < -0.39 is 5.60 Å². The summed E-state index contributed by atoms with van der Waals surface area (Å²) >= 11 is 0. The quantitative estimate of drug-likeness (QED) is 0.784. The Morgan fingerprint density at radius 2 is 2.40 bits per heavy atom. The third kappa shape index (κ3) is 1.92. The molecule has 1 atom stereocenters. The van der Waals surface area contributed by atoms with Gasteiger partial charge in [-0.15, -0.1) is 0 Å². The van der Waals surface area contributed by atoms with Crippen molar-refractivity contribution >= 4 is 0 Å². The molecule has 0 bridgehead atoms. The molecular formula is C11H19N3O. The third-order valence-electron chi connectivity index (χ3n) is 3.13. The molecular weight excluding hydrogens is 190 g/mol. The van der Waals surface area contributed by atoms with Crippen LogP contribution in [0.1, 0.15) is 25.6 Å². The molecule has 1 fully saturated rings. The molecule has 0 saturated carbocycles. The van der Waals surface area contributed by atoms with Crippen LogP contribution >= 0.6 is 0 Å². The van der Waals surface area contributed by atoms with Crippen molar-refractivity contribution in [2.45, 2.75) is 31.9 Å². The summed E-state index contributed by atoms with van der Waals surface area (Å²) in [5, 5.41) is 10.6. The smallest absolute Gasteiger partial charge is 0.142 e. The Morgan fingerprint density at radius 1 is 1.60 bits per heavy atom. The molecule has 2 heterocycles. The van der Waals surface area contributed by atoms with E-state index in [9.17, 15) is 5.11 Å². The molecule has 1 aliphatic heterocycles. The van der Waals surface area contributed by atoms with Crippen LogP contribution in [0.5, 0.6) is 0 Å². The zero-order chi connectivity index (χ0) is 10.9. The number of hydrogen-bond donors (Lipinski definition) is 1. The monoisotopic (exact) mass is 209 g/mol. The van der Waals surface area contributed by atoms with E-state index in [1.807, 2.05) is 17.8 Å². The normalized spacial score (nSPS) is 28.2. The second-order valence-electron chi connectivity index (χ2n) is 4.41. The molecule has 1 N–H and O–H groups in total. The van der Waals surface area contributed by atoms with E-state index in [-0.39, 0.29) is 0 Å². The van der Waals surface area contributed by atoms with Gasteiger partial charge in [-0.3, -0.25) is 0 Å². The number of hydrogen-bond acceptors (Lipinski definition) is 3. The SMILES string of the molecule is CCn1ccnc1C1(O)CCCN(C)C1. The molecule has 0 spiro atoms. The molecule has 4 heteroatoms. The zero-order valence-electron chi connectivity index (χ0n) is 9.48. The maximum atomic E-state index is 10.6. The van der Waals surface area contributed by atoms with Crippen LogP contribution in [-0.4, -0.2) is 39.7 Å². The average molecular weight is 209 g/mol. The van der Waals surface area contributed by atoms with E-state index >= 15 is 0 Å². The second-order valence-corrected chi connectivity index (χ2v) is 4.41. The molecule has 1 saturated heterocycles. The average Bonchev–Trinajstić information content (AvgIpc) is 2.65. The minimum absolute atomic E-state index is 0.685. The van der Waals surface area contributed by atoms with Gasteiger partial charge in [-0.1, -0.05) is 0 Å².